The Kier molecular flexibility index (Phi) is 7.16. The molecular formula is C44H46N2O4S3. The minimum atomic E-state index is -0.262. The first kappa shape index (κ1) is 33.5. The molecule has 8 atom stereocenters. The molecule has 6 nitrogen and oxygen atoms in total. The molecule has 3 aromatic heterocycles. The predicted molar refractivity (Wildman–Crippen MR) is 213 cm³/mol. The standard InChI is InChI=1S/C44H46N2O4S3/c1-43(2)27-17-29(45-33-35(47)23-13-19-9-5-6-10-20(19)14-24(23)36(33)48)51-39(27)41-31(43)32-42(53-41)40-28(44(32,3)4)18-30(52-40)46-34-37(49)25-15-21-11-7-8-12-22(21)16-26(25)38(34)50/h17-26H,5-16H2,1-4H3. The van der Waals surface area contributed by atoms with Crippen molar-refractivity contribution in [3.8, 4) is 19.5 Å². The van der Waals surface area contributed by atoms with Crippen LogP contribution in [0, 0.1) is 47.3 Å². The number of thiophene rings is 3. The van der Waals surface area contributed by atoms with Crippen LogP contribution in [-0.4, -0.2) is 34.6 Å². The summed E-state index contributed by atoms with van der Waals surface area (Å²) in [7, 11) is 0. The molecule has 6 fully saturated rings. The molecule has 3 heterocycles. The highest BCUT2D eigenvalue weighted by atomic mass is 32.1. The molecule has 8 aliphatic rings. The Hall–Kier alpha value is -2.88. The zero-order valence-corrected chi connectivity index (χ0v) is 33.5. The molecule has 53 heavy (non-hydrogen) atoms. The fourth-order valence-corrected chi connectivity index (χ4v) is 17.0. The summed E-state index contributed by atoms with van der Waals surface area (Å²) in [4.78, 5) is 69.4. The molecule has 0 aromatic carbocycles. The van der Waals surface area contributed by atoms with Crippen LogP contribution in [0.5, 0.6) is 0 Å². The van der Waals surface area contributed by atoms with Gasteiger partial charge in [0.1, 0.15) is 10.0 Å². The molecule has 0 saturated heterocycles. The van der Waals surface area contributed by atoms with Gasteiger partial charge in [-0.1, -0.05) is 79.1 Å². The van der Waals surface area contributed by atoms with E-state index >= 15 is 0 Å². The average Bonchev–Trinajstić information content (AvgIpc) is 3.99. The Labute approximate surface area is 323 Å². The van der Waals surface area contributed by atoms with Crippen LogP contribution in [0.2, 0.25) is 0 Å². The van der Waals surface area contributed by atoms with E-state index in [1.807, 2.05) is 11.3 Å². The number of aliphatic imine (C=N–C) groups is 2. The maximum absolute atomic E-state index is 13.7. The molecule has 0 spiro atoms. The summed E-state index contributed by atoms with van der Waals surface area (Å²) in [5, 5.41) is 1.52. The van der Waals surface area contributed by atoms with Crippen LogP contribution in [0.15, 0.2) is 22.1 Å². The molecule has 3 aromatic rings. The molecule has 11 rings (SSSR count). The second kappa shape index (κ2) is 11.3. The monoisotopic (exact) mass is 762 g/mol. The van der Waals surface area contributed by atoms with Crippen LogP contribution in [0.1, 0.15) is 127 Å². The van der Waals surface area contributed by atoms with E-state index < -0.39 is 0 Å². The van der Waals surface area contributed by atoms with Crippen LogP contribution in [-0.2, 0) is 30.0 Å². The van der Waals surface area contributed by atoms with E-state index in [4.69, 9.17) is 9.98 Å². The molecule has 0 bridgehead atoms. The second-order valence-corrected chi connectivity index (χ2v) is 21.9. The Bertz CT molecular complexity index is 2040. The molecular weight excluding hydrogens is 717 g/mol. The minimum Gasteiger partial charge on any atom is -0.292 e. The van der Waals surface area contributed by atoms with E-state index in [0.717, 1.165) is 35.7 Å². The Morgan fingerprint density at radius 2 is 0.811 bits per heavy atom. The number of carbonyl (C=O) groups excluding carboxylic acids is 4. The van der Waals surface area contributed by atoms with Crippen LogP contribution >= 0.6 is 34.0 Å². The Morgan fingerprint density at radius 1 is 0.491 bits per heavy atom. The molecule has 0 aliphatic heterocycles. The van der Waals surface area contributed by atoms with Gasteiger partial charge in [-0.2, -0.15) is 0 Å². The van der Waals surface area contributed by atoms with Gasteiger partial charge in [-0.3, -0.25) is 19.2 Å². The van der Waals surface area contributed by atoms with E-state index in [1.165, 1.54) is 93.1 Å². The van der Waals surface area contributed by atoms with E-state index in [2.05, 4.69) is 39.8 Å². The first-order chi connectivity index (χ1) is 25.4. The van der Waals surface area contributed by atoms with Crippen LogP contribution < -0.4 is 0 Å². The third-order valence-corrected chi connectivity index (χ3v) is 19.0. The van der Waals surface area contributed by atoms with Crippen LogP contribution in [0.3, 0.4) is 0 Å². The van der Waals surface area contributed by atoms with E-state index in [-0.39, 0.29) is 69.1 Å². The van der Waals surface area contributed by atoms with Gasteiger partial charge in [-0.25, -0.2) is 9.98 Å². The third-order valence-electron chi connectivity index (χ3n) is 15.4. The number of rotatable bonds is 2. The largest absolute Gasteiger partial charge is 0.292 e. The molecule has 0 N–H and O–H groups in total. The SMILES string of the molecule is CC1(C)c2cc(N=C3C(=O)C4CC5CCCCC5CC4C3=O)sc2-c2sc3c(c21)C(C)(C)c1cc(N=C2C(=O)C4CC5CCCCC5CC4C2=O)sc1-3. The first-order valence-electron chi connectivity index (χ1n) is 20.2. The normalized spacial score (nSPS) is 34.3. The van der Waals surface area contributed by atoms with Gasteiger partial charge in [-0.15, -0.1) is 34.0 Å². The molecule has 9 heteroatoms. The van der Waals surface area contributed by atoms with Gasteiger partial charge in [0, 0.05) is 44.3 Å². The molecule has 274 valence electrons. The quantitative estimate of drug-likeness (QED) is 0.260. The van der Waals surface area contributed by atoms with Crippen molar-refractivity contribution in [2.75, 3.05) is 0 Å². The number of hydrogen-bond donors (Lipinski definition) is 0. The van der Waals surface area contributed by atoms with E-state index in [1.54, 1.807) is 22.7 Å². The average molecular weight is 763 g/mol. The minimum absolute atomic E-state index is 0.0169. The number of hydrogen-bond acceptors (Lipinski definition) is 9. The highest BCUT2D eigenvalue weighted by Gasteiger charge is 2.55. The fraction of sp³-hybridized carbons (Fsp3) is 0.591. The van der Waals surface area contributed by atoms with Gasteiger partial charge < -0.3 is 0 Å². The number of nitrogens with zero attached hydrogens (tertiary/aromatic N) is 2. The van der Waals surface area contributed by atoms with Crippen LogP contribution in [0.4, 0.5) is 10.0 Å². The zero-order valence-electron chi connectivity index (χ0n) is 31.0. The number of carbonyl (C=O) groups is 4. The second-order valence-electron chi connectivity index (χ2n) is 18.8. The zero-order chi connectivity index (χ0) is 36.3. The van der Waals surface area contributed by atoms with E-state index in [9.17, 15) is 19.2 Å². The Morgan fingerprint density at radius 3 is 1.13 bits per heavy atom. The van der Waals surface area contributed by atoms with Crippen molar-refractivity contribution in [3.05, 3.63) is 34.4 Å². The Balaban J connectivity index is 0.916. The van der Waals surface area contributed by atoms with Crippen molar-refractivity contribution in [2.24, 2.45) is 57.3 Å². The lowest BCUT2D eigenvalue weighted by atomic mass is 9.64. The van der Waals surface area contributed by atoms with Gasteiger partial charge in [0.05, 0.1) is 9.75 Å². The highest BCUT2D eigenvalue weighted by molar-refractivity contribution is 7.29. The maximum atomic E-state index is 13.7. The number of ketones is 4. The smallest absolute Gasteiger partial charge is 0.188 e. The van der Waals surface area contributed by atoms with E-state index in [0.29, 0.717) is 23.7 Å². The van der Waals surface area contributed by atoms with Crippen molar-refractivity contribution in [2.45, 2.75) is 116 Å². The fourth-order valence-electron chi connectivity index (χ4n) is 12.7. The predicted octanol–water partition coefficient (Wildman–Crippen LogP) is 10.6. The van der Waals surface area contributed by atoms with Crippen molar-refractivity contribution in [3.63, 3.8) is 0 Å². The summed E-state index contributed by atoms with van der Waals surface area (Å²) in [6.07, 6.45) is 13.2. The van der Waals surface area contributed by atoms with Gasteiger partial charge in [0.2, 0.25) is 0 Å². The van der Waals surface area contributed by atoms with Crippen molar-refractivity contribution in [1.29, 1.82) is 0 Å². The van der Waals surface area contributed by atoms with Gasteiger partial charge in [0.25, 0.3) is 0 Å². The summed E-state index contributed by atoms with van der Waals surface area (Å²) in [6.45, 7) is 9.18. The topological polar surface area (TPSA) is 93.0 Å². The van der Waals surface area contributed by atoms with Gasteiger partial charge >= 0.3 is 0 Å². The number of fused-ring (bicyclic) bond motifs is 11. The highest BCUT2D eigenvalue weighted by Crippen LogP contribution is 2.67. The molecule has 6 saturated carbocycles. The maximum Gasteiger partial charge on any atom is 0.188 e. The lowest BCUT2D eigenvalue weighted by Gasteiger charge is -2.39. The van der Waals surface area contributed by atoms with Crippen LogP contribution in [0.25, 0.3) is 19.5 Å². The van der Waals surface area contributed by atoms with Crippen molar-refractivity contribution >= 4 is 78.6 Å². The third kappa shape index (κ3) is 4.53. The first-order valence-corrected chi connectivity index (χ1v) is 22.7. The lowest BCUT2D eigenvalue weighted by Crippen LogP contribution is -2.35. The lowest BCUT2D eigenvalue weighted by molar-refractivity contribution is -0.123. The number of Topliss-reactive ketones (excluding diaryl/α,β-unsaturated/α-hetero) is 4. The molecule has 0 radical (unpaired) electrons. The molecule has 8 aliphatic carbocycles. The van der Waals surface area contributed by atoms with Gasteiger partial charge in [-0.05, 0) is 83.7 Å². The van der Waals surface area contributed by atoms with Crippen molar-refractivity contribution < 1.29 is 19.2 Å². The summed E-state index contributed by atoms with van der Waals surface area (Å²) in [6, 6.07) is 4.28. The van der Waals surface area contributed by atoms with Gasteiger partial charge in [0.15, 0.2) is 34.6 Å². The van der Waals surface area contributed by atoms with Crippen molar-refractivity contribution in [1.82, 2.24) is 0 Å². The summed E-state index contributed by atoms with van der Waals surface area (Å²) < 4.78 is 0. The molecule has 8 unspecified atom stereocenters. The summed E-state index contributed by atoms with van der Waals surface area (Å²) in [5.74, 6) is 1.58. The molecule has 0 amide bonds. The summed E-state index contributed by atoms with van der Waals surface area (Å²) in [5.41, 5.74) is 5.06. The summed E-state index contributed by atoms with van der Waals surface area (Å²) >= 11 is 5.06.